The summed E-state index contributed by atoms with van der Waals surface area (Å²) in [5.74, 6) is -1.02. The van der Waals surface area contributed by atoms with Gasteiger partial charge in [-0.25, -0.2) is 9.59 Å². The quantitative estimate of drug-likeness (QED) is 0.790. The summed E-state index contributed by atoms with van der Waals surface area (Å²) in [4.78, 5) is 22.8. The minimum atomic E-state index is -1.02. The average Bonchev–Trinajstić information content (AvgIpc) is 2.45. The van der Waals surface area contributed by atoms with Crippen molar-refractivity contribution in [2.24, 2.45) is 0 Å². The maximum Gasteiger partial charge on any atom is 0.326 e. The molecule has 0 saturated carbocycles. The Morgan fingerprint density at radius 1 is 1.30 bits per heavy atom. The summed E-state index contributed by atoms with van der Waals surface area (Å²) in [6.07, 6.45) is 4.66. The molecule has 0 aliphatic heterocycles. The van der Waals surface area contributed by atoms with E-state index in [0.29, 0.717) is 6.42 Å². The van der Waals surface area contributed by atoms with Crippen molar-refractivity contribution < 1.29 is 14.7 Å². The Hall–Kier alpha value is -2.04. The summed E-state index contributed by atoms with van der Waals surface area (Å²) in [5.41, 5.74) is 3.25. The summed E-state index contributed by atoms with van der Waals surface area (Å²) in [6.45, 7) is 1.73. The van der Waals surface area contributed by atoms with Gasteiger partial charge in [-0.3, -0.25) is 0 Å². The Balaban J connectivity index is 2.06. The van der Waals surface area contributed by atoms with Crippen molar-refractivity contribution >= 4 is 17.7 Å². The van der Waals surface area contributed by atoms with Crippen LogP contribution in [-0.4, -0.2) is 23.1 Å². The molecule has 2 rings (SSSR count). The fourth-order valence-corrected chi connectivity index (χ4v) is 2.55. The van der Waals surface area contributed by atoms with Gasteiger partial charge in [0.15, 0.2) is 0 Å². The topological polar surface area (TPSA) is 78.4 Å². The van der Waals surface area contributed by atoms with E-state index in [9.17, 15) is 9.59 Å². The molecule has 20 heavy (non-hydrogen) atoms. The molecule has 3 N–H and O–H groups in total. The SMILES string of the molecule is CC[C@@H](NC(=O)Nc1cccc2c1CCCC2)C(=O)O. The lowest BCUT2D eigenvalue weighted by atomic mass is 9.90. The van der Waals surface area contributed by atoms with Crippen LogP contribution in [0, 0.1) is 0 Å². The van der Waals surface area contributed by atoms with Crippen LogP contribution in [-0.2, 0) is 17.6 Å². The fourth-order valence-electron chi connectivity index (χ4n) is 2.55. The first-order valence-corrected chi connectivity index (χ1v) is 7.03. The zero-order valence-electron chi connectivity index (χ0n) is 11.6. The van der Waals surface area contributed by atoms with E-state index in [1.165, 1.54) is 17.5 Å². The first-order valence-electron chi connectivity index (χ1n) is 7.03. The van der Waals surface area contributed by atoms with E-state index < -0.39 is 18.0 Å². The van der Waals surface area contributed by atoms with Gasteiger partial charge in [0.25, 0.3) is 0 Å². The molecule has 0 fully saturated rings. The largest absolute Gasteiger partial charge is 0.480 e. The van der Waals surface area contributed by atoms with Gasteiger partial charge in [0, 0.05) is 5.69 Å². The zero-order valence-corrected chi connectivity index (χ0v) is 11.6. The molecule has 0 bridgehead atoms. The predicted octanol–water partition coefficient (Wildman–Crippen LogP) is 2.55. The van der Waals surface area contributed by atoms with Crippen molar-refractivity contribution in [1.82, 2.24) is 5.32 Å². The first kappa shape index (κ1) is 14.4. The molecule has 1 atom stereocenters. The van der Waals surface area contributed by atoms with Gasteiger partial charge in [-0.15, -0.1) is 0 Å². The number of benzene rings is 1. The number of hydrogen-bond donors (Lipinski definition) is 3. The van der Waals surface area contributed by atoms with Crippen molar-refractivity contribution in [3.05, 3.63) is 29.3 Å². The Bertz CT molecular complexity index is 514. The number of anilines is 1. The lowest BCUT2D eigenvalue weighted by molar-refractivity contribution is -0.139. The number of rotatable bonds is 4. The number of nitrogens with one attached hydrogen (secondary N) is 2. The van der Waals surface area contributed by atoms with Crippen molar-refractivity contribution in [2.45, 2.75) is 45.1 Å². The summed E-state index contributed by atoms with van der Waals surface area (Å²) >= 11 is 0. The first-order chi connectivity index (χ1) is 9.61. The maximum absolute atomic E-state index is 11.9. The van der Waals surface area contributed by atoms with E-state index >= 15 is 0 Å². The zero-order chi connectivity index (χ0) is 14.5. The summed E-state index contributed by atoms with van der Waals surface area (Å²) in [5, 5.41) is 14.2. The molecule has 0 unspecified atom stereocenters. The number of urea groups is 1. The molecule has 0 saturated heterocycles. The van der Waals surface area contributed by atoms with Crippen molar-refractivity contribution in [3.63, 3.8) is 0 Å². The van der Waals surface area contributed by atoms with Gasteiger partial charge in [-0.2, -0.15) is 0 Å². The standard InChI is InChI=1S/C15H20N2O3/c1-2-12(14(18)19)16-15(20)17-13-9-5-7-10-6-3-4-8-11(10)13/h5,7,9,12H,2-4,6,8H2,1H3,(H,18,19)(H2,16,17,20)/t12-/m1/s1. The number of amides is 2. The van der Waals surface area contributed by atoms with Crippen LogP contribution in [0.1, 0.15) is 37.3 Å². The van der Waals surface area contributed by atoms with E-state index in [4.69, 9.17) is 5.11 Å². The number of carboxylic acids is 1. The van der Waals surface area contributed by atoms with Gasteiger partial charge in [-0.1, -0.05) is 19.1 Å². The number of aliphatic carboxylic acids is 1. The fraction of sp³-hybridized carbons (Fsp3) is 0.467. The third-order valence-electron chi connectivity index (χ3n) is 3.66. The van der Waals surface area contributed by atoms with Crippen LogP contribution in [0.25, 0.3) is 0 Å². The molecule has 108 valence electrons. The third kappa shape index (κ3) is 3.29. The van der Waals surface area contributed by atoms with Crippen LogP contribution < -0.4 is 10.6 Å². The van der Waals surface area contributed by atoms with Gasteiger partial charge in [0.05, 0.1) is 0 Å². The number of hydrogen-bond acceptors (Lipinski definition) is 2. The highest BCUT2D eigenvalue weighted by Crippen LogP contribution is 2.27. The van der Waals surface area contributed by atoms with E-state index in [1.54, 1.807) is 6.92 Å². The number of aryl methyl sites for hydroxylation is 1. The molecule has 0 aromatic heterocycles. The molecule has 2 amide bonds. The lowest BCUT2D eigenvalue weighted by Gasteiger charge is -2.20. The Kier molecular flexibility index (Phi) is 4.61. The number of fused-ring (bicyclic) bond motifs is 1. The highest BCUT2D eigenvalue weighted by atomic mass is 16.4. The molecule has 5 nitrogen and oxygen atoms in total. The van der Waals surface area contributed by atoms with E-state index in [1.807, 2.05) is 12.1 Å². The minimum absolute atomic E-state index is 0.357. The maximum atomic E-state index is 11.9. The Labute approximate surface area is 118 Å². The second-order valence-corrected chi connectivity index (χ2v) is 5.05. The summed E-state index contributed by atoms with van der Waals surface area (Å²) in [6, 6.07) is 4.57. The summed E-state index contributed by atoms with van der Waals surface area (Å²) < 4.78 is 0. The van der Waals surface area contributed by atoms with Crippen molar-refractivity contribution in [2.75, 3.05) is 5.32 Å². The minimum Gasteiger partial charge on any atom is -0.480 e. The van der Waals surface area contributed by atoms with Crippen LogP contribution in [0.4, 0.5) is 10.5 Å². The van der Waals surface area contributed by atoms with Crippen LogP contribution in [0.3, 0.4) is 0 Å². The smallest absolute Gasteiger partial charge is 0.326 e. The lowest BCUT2D eigenvalue weighted by Crippen LogP contribution is -2.42. The van der Waals surface area contributed by atoms with Gasteiger partial charge in [0.2, 0.25) is 0 Å². The molecular formula is C15H20N2O3. The highest BCUT2D eigenvalue weighted by Gasteiger charge is 2.19. The second kappa shape index (κ2) is 6.41. The predicted molar refractivity (Wildman–Crippen MR) is 77.0 cm³/mol. The monoisotopic (exact) mass is 276 g/mol. The number of carboxylic acid groups (broad SMARTS) is 1. The number of carbonyl (C=O) groups is 2. The molecule has 1 aromatic carbocycles. The van der Waals surface area contributed by atoms with E-state index in [0.717, 1.165) is 24.9 Å². The molecule has 1 aromatic rings. The molecule has 5 heteroatoms. The van der Waals surface area contributed by atoms with Gasteiger partial charge in [0.1, 0.15) is 6.04 Å². The van der Waals surface area contributed by atoms with Crippen molar-refractivity contribution in [1.29, 1.82) is 0 Å². The van der Waals surface area contributed by atoms with E-state index in [-0.39, 0.29) is 0 Å². The average molecular weight is 276 g/mol. The second-order valence-electron chi connectivity index (χ2n) is 5.05. The third-order valence-corrected chi connectivity index (χ3v) is 3.66. The molecule has 0 spiro atoms. The Morgan fingerprint density at radius 2 is 2.05 bits per heavy atom. The van der Waals surface area contributed by atoms with E-state index in [2.05, 4.69) is 16.7 Å². The van der Waals surface area contributed by atoms with Crippen LogP contribution in [0.15, 0.2) is 18.2 Å². The van der Waals surface area contributed by atoms with Gasteiger partial charge >= 0.3 is 12.0 Å². The normalized spacial score (nSPS) is 15.1. The van der Waals surface area contributed by atoms with Gasteiger partial charge < -0.3 is 15.7 Å². The number of carbonyl (C=O) groups excluding carboxylic acids is 1. The van der Waals surface area contributed by atoms with Crippen LogP contribution >= 0.6 is 0 Å². The molecule has 1 aliphatic carbocycles. The van der Waals surface area contributed by atoms with Crippen LogP contribution in [0.2, 0.25) is 0 Å². The Morgan fingerprint density at radius 3 is 2.75 bits per heavy atom. The molecule has 1 aliphatic rings. The molecule has 0 heterocycles. The molecular weight excluding hydrogens is 256 g/mol. The van der Waals surface area contributed by atoms with Crippen LogP contribution in [0.5, 0.6) is 0 Å². The van der Waals surface area contributed by atoms with Crippen molar-refractivity contribution in [3.8, 4) is 0 Å². The highest BCUT2D eigenvalue weighted by molar-refractivity contribution is 5.93. The van der Waals surface area contributed by atoms with Gasteiger partial charge in [-0.05, 0) is 49.3 Å². The molecule has 0 radical (unpaired) electrons. The summed E-state index contributed by atoms with van der Waals surface area (Å²) in [7, 11) is 0.